The molecule has 78 valence electrons. The summed E-state index contributed by atoms with van der Waals surface area (Å²) >= 11 is 4.34. The molecule has 1 aromatic heterocycles. The van der Waals surface area contributed by atoms with Gasteiger partial charge in [-0.05, 0) is 25.1 Å². The highest BCUT2D eigenvalue weighted by Crippen LogP contribution is 2.34. The van der Waals surface area contributed by atoms with E-state index in [1.54, 1.807) is 19.1 Å². The van der Waals surface area contributed by atoms with Crippen LogP contribution in [0.25, 0.3) is 10.6 Å². The molecule has 0 amide bonds. The molecular formula is C10H7BrFNOS. The topological polar surface area (TPSA) is 33.1 Å². The molecular weight excluding hydrogens is 281 g/mol. The molecule has 1 heterocycles. The van der Waals surface area contributed by atoms with Gasteiger partial charge in [0, 0.05) is 10.0 Å². The standard InChI is InChI=1S/C10H7BrFNOS/c1-5-10(14)15-9(13-5)7-4-6(11)2-3-8(7)12/h2-4,14H,1H3. The molecule has 1 aromatic carbocycles. The maximum atomic E-state index is 13.5. The smallest absolute Gasteiger partial charge is 0.195 e. The second kappa shape index (κ2) is 3.90. The largest absolute Gasteiger partial charge is 0.498 e. The number of aryl methyl sites for hydroxylation is 1. The van der Waals surface area contributed by atoms with Crippen molar-refractivity contribution >= 4 is 27.3 Å². The average molecular weight is 288 g/mol. The van der Waals surface area contributed by atoms with Crippen LogP contribution in [-0.2, 0) is 0 Å². The van der Waals surface area contributed by atoms with Crippen molar-refractivity contribution < 1.29 is 9.50 Å². The van der Waals surface area contributed by atoms with Crippen LogP contribution in [-0.4, -0.2) is 10.1 Å². The van der Waals surface area contributed by atoms with Crippen molar-refractivity contribution in [2.24, 2.45) is 0 Å². The van der Waals surface area contributed by atoms with Gasteiger partial charge in [-0.1, -0.05) is 27.3 Å². The lowest BCUT2D eigenvalue weighted by Crippen LogP contribution is -1.83. The van der Waals surface area contributed by atoms with Gasteiger partial charge >= 0.3 is 0 Å². The normalized spacial score (nSPS) is 10.6. The van der Waals surface area contributed by atoms with Crippen LogP contribution >= 0.6 is 27.3 Å². The molecule has 2 aromatic rings. The average Bonchev–Trinajstić information content (AvgIpc) is 2.51. The first-order valence-corrected chi connectivity index (χ1v) is 5.80. The Balaban J connectivity index is 2.58. The summed E-state index contributed by atoms with van der Waals surface area (Å²) in [5, 5.41) is 10.0. The Labute approximate surface area is 98.5 Å². The van der Waals surface area contributed by atoms with Gasteiger partial charge in [0.1, 0.15) is 10.8 Å². The summed E-state index contributed by atoms with van der Waals surface area (Å²) in [6, 6.07) is 4.64. The minimum Gasteiger partial charge on any atom is -0.498 e. The van der Waals surface area contributed by atoms with E-state index >= 15 is 0 Å². The number of hydrogen-bond acceptors (Lipinski definition) is 3. The minimum absolute atomic E-state index is 0.129. The highest BCUT2D eigenvalue weighted by molar-refractivity contribution is 9.10. The molecule has 0 fully saturated rings. The van der Waals surface area contributed by atoms with Gasteiger partial charge in [-0.25, -0.2) is 9.37 Å². The quantitative estimate of drug-likeness (QED) is 0.867. The third kappa shape index (κ3) is 2.03. The van der Waals surface area contributed by atoms with Crippen molar-refractivity contribution in [2.45, 2.75) is 6.92 Å². The van der Waals surface area contributed by atoms with Crippen molar-refractivity contribution in [1.82, 2.24) is 4.98 Å². The lowest BCUT2D eigenvalue weighted by Gasteiger charge is -1.98. The van der Waals surface area contributed by atoms with Gasteiger partial charge in [-0.2, -0.15) is 0 Å². The molecule has 0 unspecified atom stereocenters. The summed E-state index contributed by atoms with van der Waals surface area (Å²) < 4.78 is 14.2. The Morgan fingerprint density at radius 1 is 1.47 bits per heavy atom. The summed E-state index contributed by atoms with van der Waals surface area (Å²) in [6.45, 7) is 1.69. The van der Waals surface area contributed by atoms with Crippen LogP contribution in [0.2, 0.25) is 0 Å². The molecule has 0 atom stereocenters. The summed E-state index contributed by atoms with van der Waals surface area (Å²) in [6.07, 6.45) is 0. The third-order valence-electron chi connectivity index (χ3n) is 1.93. The first-order chi connectivity index (χ1) is 7.08. The zero-order chi connectivity index (χ0) is 11.0. The minimum atomic E-state index is -0.341. The van der Waals surface area contributed by atoms with Crippen molar-refractivity contribution in [1.29, 1.82) is 0 Å². The highest BCUT2D eigenvalue weighted by atomic mass is 79.9. The Kier molecular flexibility index (Phi) is 2.75. The monoisotopic (exact) mass is 287 g/mol. The summed E-state index contributed by atoms with van der Waals surface area (Å²) in [5.41, 5.74) is 0.923. The third-order valence-corrected chi connectivity index (χ3v) is 3.42. The number of rotatable bonds is 1. The molecule has 0 saturated carbocycles. The zero-order valence-electron chi connectivity index (χ0n) is 7.79. The molecule has 2 nitrogen and oxygen atoms in total. The molecule has 0 aliphatic carbocycles. The van der Waals surface area contributed by atoms with Crippen LogP contribution in [0.15, 0.2) is 22.7 Å². The zero-order valence-corrected chi connectivity index (χ0v) is 10.2. The van der Waals surface area contributed by atoms with Crippen LogP contribution in [0, 0.1) is 12.7 Å². The molecule has 0 bridgehead atoms. The number of halogens is 2. The van der Waals surface area contributed by atoms with E-state index in [-0.39, 0.29) is 10.9 Å². The fraction of sp³-hybridized carbons (Fsp3) is 0.100. The Bertz CT molecular complexity index is 493. The fourth-order valence-corrected chi connectivity index (χ4v) is 2.35. The van der Waals surface area contributed by atoms with E-state index in [0.717, 1.165) is 15.8 Å². The lowest BCUT2D eigenvalue weighted by atomic mass is 10.2. The second-order valence-electron chi connectivity index (χ2n) is 3.03. The maximum Gasteiger partial charge on any atom is 0.195 e. The molecule has 5 heteroatoms. The van der Waals surface area contributed by atoms with Gasteiger partial charge in [0.05, 0.1) is 5.69 Å². The number of aromatic hydroxyl groups is 1. The predicted molar refractivity (Wildman–Crippen MR) is 61.6 cm³/mol. The Morgan fingerprint density at radius 3 is 2.80 bits per heavy atom. The molecule has 0 aliphatic rings. The number of nitrogens with zero attached hydrogens (tertiary/aromatic N) is 1. The molecule has 2 rings (SSSR count). The van der Waals surface area contributed by atoms with Crippen molar-refractivity contribution in [3.05, 3.63) is 34.2 Å². The number of benzene rings is 1. The van der Waals surface area contributed by atoms with E-state index in [1.165, 1.54) is 6.07 Å². The fourth-order valence-electron chi connectivity index (χ4n) is 1.16. The summed E-state index contributed by atoms with van der Waals surface area (Å²) in [4.78, 5) is 4.09. The predicted octanol–water partition coefficient (Wildman–Crippen LogP) is 3.73. The highest BCUT2D eigenvalue weighted by Gasteiger charge is 2.12. The molecule has 0 aliphatic heterocycles. The molecule has 15 heavy (non-hydrogen) atoms. The van der Waals surface area contributed by atoms with Crippen molar-refractivity contribution in [3.63, 3.8) is 0 Å². The van der Waals surface area contributed by atoms with Gasteiger partial charge in [0.15, 0.2) is 5.06 Å². The van der Waals surface area contributed by atoms with Gasteiger partial charge < -0.3 is 5.11 Å². The van der Waals surface area contributed by atoms with E-state index in [0.29, 0.717) is 16.3 Å². The van der Waals surface area contributed by atoms with Crippen LogP contribution in [0.5, 0.6) is 5.06 Å². The lowest BCUT2D eigenvalue weighted by molar-refractivity contribution is 0.485. The first-order valence-electron chi connectivity index (χ1n) is 4.20. The van der Waals surface area contributed by atoms with E-state index in [2.05, 4.69) is 20.9 Å². The molecule has 0 saturated heterocycles. The van der Waals surface area contributed by atoms with Crippen LogP contribution in [0.1, 0.15) is 5.69 Å². The second-order valence-corrected chi connectivity index (χ2v) is 4.93. The summed E-state index contributed by atoms with van der Waals surface area (Å²) in [7, 11) is 0. The molecule has 0 radical (unpaired) electrons. The molecule has 0 spiro atoms. The van der Waals surface area contributed by atoms with Gasteiger partial charge in [-0.3, -0.25) is 0 Å². The van der Waals surface area contributed by atoms with E-state index in [4.69, 9.17) is 0 Å². The molecule has 1 N–H and O–H groups in total. The van der Waals surface area contributed by atoms with Gasteiger partial charge in [-0.15, -0.1) is 0 Å². The summed E-state index contributed by atoms with van der Waals surface area (Å²) in [5.74, 6) is -0.341. The van der Waals surface area contributed by atoms with E-state index in [1.807, 2.05) is 0 Å². The van der Waals surface area contributed by atoms with E-state index in [9.17, 15) is 9.50 Å². The number of aromatic nitrogens is 1. The SMILES string of the molecule is Cc1nc(-c2cc(Br)ccc2F)sc1O. The first kappa shape index (κ1) is 10.6. The Hall–Kier alpha value is -0.940. The van der Waals surface area contributed by atoms with Gasteiger partial charge in [0.25, 0.3) is 0 Å². The van der Waals surface area contributed by atoms with Crippen LogP contribution < -0.4 is 0 Å². The van der Waals surface area contributed by atoms with Crippen LogP contribution in [0.3, 0.4) is 0 Å². The van der Waals surface area contributed by atoms with Crippen molar-refractivity contribution in [3.8, 4) is 15.6 Å². The van der Waals surface area contributed by atoms with Crippen molar-refractivity contribution in [2.75, 3.05) is 0 Å². The van der Waals surface area contributed by atoms with E-state index < -0.39 is 0 Å². The number of hydrogen-bond donors (Lipinski definition) is 1. The Morgan fingerprint density at radius 2 is 2.20 bits per heavy atom. The maximum absolute atomic E-state index is 13.5. The van der Waals surface area contributed by atoms with Crippen LogP contribution in [0.4, 0.5) is 4.39 Å². The number of thiazole rings is 1. The van der Waals surface area contributed by atoms with Gasteiger partial charge in [0.2, 0.25) is 0 Å².